The topological polar surface area (TPSA) is 88.0 Å². The summed E-state index contributed by atoms with van der Waals surface area (Å²) in [6.45, 7) is 8.51. The molecule has 0 aliphatic rings. The van der Waals surface area contributed by atoms with E-state index in [1.807, 2.05) is 25.7 Å². The molecule has 0 aromatic carbocycles. The Balaban J connectivity index is 3.35. The normalized spacial score (nSPS) is 12.2. The zero-order chi connectivity index (χ0) is 15.4. The maximum atomic E-state index is 11.4. The molecule has 0 N–H and O–H groups in total. The van der Waals surface area contributed by atoms with Crippen LogP contribution in [0.5, 0.6) is 0 Å². The molecule has 0 fully saturated rings. The molecule has 1 aromatic rings. The van der Waals surface area contributed by atoms with Gasteiger partial charge in [0.05, 0.1) is 16.9 Å². The van der Waals surface area contributed by atoms with Crippen molar-refractivity contribution in [1.82, 2.24) is 9.78 Å². The molecule has 0 saturated carbocycles. The van der Waals surface area contributed by atoms with Crippen molar-refractivity contribution in [1.29, 1.82) is 5.26 Å². The van der Waals surface area contributed by atoms with Crippen LogP contribution in [0.2, 0.25) is 0 Å². The Hall–Kier alpha value is -2.10. The molecule has 0 aliphatic heterocycles. The molecular formula is C13H21N5O2. The molecular weight excluding hydrogens is 258 g/mol. The van der Waals surface area contributed by atoms with Crippen molar-refractivity contribution in [2.45, 2.75) is 33.6 Å². The number of hydrogen-bond acceptors (Lipinski definition) is 5. The van der Waals surface area contributed by atoms with Gasteiger partial charge in [-0.25, -0.2) is 4.68 Å². The lowest BCUT2D eigenvalue weighted by Gasteiger charge is -2.23. The minimum atomic E-state index is -0.378. The molecule has 7 heteroatoms. The van der Waals surface area contributed by atoms with E-state index in [0.29, 0.717) is 24.6 Å². The fraction of sp³-hybridized carbons (Fsp3) is 0.692. The van der Waals surface area contributed by atoms with Gasteiger partial charge in [0.25, 0.3) is 0 Å². The highest BCUT2D eigenvalue weighted by molar-refractivity contribution is 5.62. The van der Waals surface area contributed by atoms with Crippen LogP contribution >= 0.6 is 0 Å². The first-order chi connectivity index (χ1) is 9.33. The number of anilines is 1. The summed E-state index contributed by atoms with van der Waals surface area (Å²) in [5.41, 5.74) is 0.532. The Labute approximate surface area is 118 Å². The lowest BCUT2D eigenvalue weighted by Crippen LogP contribution is -2.30. The van der Waals surface area contributed by atoms with Crippen molar-refractivity contribution in [3.8, 4) is 6.07 Å². The van der Waals surface area contributed by atoms with Crippen LogP contribution < -0.4 is 4.90 Å². The Morgan fingerprint density at radius 3 is 2.50 bits per heavy atom. The van der Waals surface area contributed by atoms with Gasteiger partial charge in [-0.1, -0.05) is 13.8 Å². The highest BCUT2D eigenvalue weighted by Gasteiger charge is 2.31. The zero-order valence-corrected chi connectivity index (χ0v) is 12.6. The number of rotatable bonds is 6. The van der Waals surface area contributed by atoms with Gasteiger partial charge >= 0.3 is 5.69 Å². The first-order valence-corrected chi connectivity index (χ1v) is 6.69. The predicted molar refractivity (Wildman–Crippen MR) is 76.6 cm³/mol. The number of aromatic nitrogens is 2. The molecule has 1 aromatic heterocycles. The second kappa shape index (κ2) is 6.37. The fourth-order valence-corrected chi connectivity index (χ4v) is 2.18. The third kappa shape index (κ3) is 3.07. The number of nitrogens with zero attached hydrogens (tertiary/aromatic N) is 5. The second-order valence-corrected chi connectivity index (χ2v) is 5.16. The average Bonchev–Trinajstić information content (AvgIpc) is 2.73. The van der Waals surface area contributed by atoms with Crippen LogP contribution in [0.15, 0.2) is 0 Å². The van der Waals surface area contributed by atoms with Gasteiger partial charge in [0.1, 0.15) is 5.69 Å². The molecule has 0 saturated heterocycles. The molecule has 1 atom stereocenters. The molecule has 1 unspecified atom stereocenters. The van der Waals surface area contributed by atoms with Gasteiger partial charge in [-0.15, -0.1) is 0 Å². The highest BCUT2D eigenvalue weighted by atomic mass is 16.6. The van der Waals surface area contributed by atoms with E-state index >= 15 is 0 Å². The summed E-state index contributed by atoms with van der Waals surface area (Å²) in [7, 11) is 1.70. The van der Waals surface area contributed by atoms with Crippen LogP contribution in [0.4, 0.5) is 11.5 Å². The molecule has 0 aliphatic carbocycles. The number of nitro groups is 1. The maximum Gasteiger partial charge on any atom is 0.334 e. The summed E-state index contributed by atoms with van der Waals surface area (Å²) in [4.78, 5) is 12.9. The largest absolute Gasteiger partial charge is 0.350 e. The Kier molecular flexibility index (Phi) is 5.08. The number of aryl methyl sites for hydroxylation is 1. The Morgan fingerprint density at radius 2 is 2.10 bits per heavy atom. The van der Waals surface area contributed by atoms with E-state index < -0.39 is 0 Å². The SMILES string of the molecule is CCN(CC(C)C#N)c1c([N+](=O)[O-])c(C(C)C)nn1C. The predicted octanol–water partition coefficient (Wildman–Crippen LogP) is 2.44. The summed E-state index contributed by atoms with van der Waals surface area (Å²) < 4.78 is 1.54. The lowest BCUT2D eigenvalue weighted by atomic mass is 10.1. The van der Waals surface area contributed by atoms with E-state index in [2.05, 4.69) is 11.2 Å². The molecule has 0 radical (unpaired) electrons. The minimum absolute atomic E-state index is 0.0255. The van der Waals surface area contributed by atoms with Crippen LogP contribution in [-0.4, -0.2) is 27.8 Å². The van der Waals surface area contributed by atoms with E-state index in [4.69, 9.17) is 5.26 Å². The first-order valence-electron chi connectivity index (χ1n) is 6.69. The molecule has 1 heterocycles. The smallest absolute Gasteiger partial charge is 0.334 e. The van der Waals surface area contributed by atoms with E-state index in [1.165, 1.54) is 0 Å². The third-order valence-corrected chi connectivity index (χ3v) is 3.14. The molecule has 0 amide bonds. The van der Waals surface area contributed by atoms with Gasteiger partial charge in [0, 0.05) is 26.1 Å². The molecule has 1 rings (SSSR count). The Bertz CT molecular complexity index is 530. The molecule has 110 valence electrons. The summed E-state index contributed by atoms with van der Waals surface area (Å²) in [5.74, 6) is 0.248. The van der Waals surface area contributed by atoms with Gasteiger partial charge in [-0.05, 0) is 13.8 Å². The van der Waals surface area contributed by atoms with Gasteiger partial charge in [-0.2, -0.15) is 10.4 Å². The highest BCUT2D eigenvalue weighted by Crippen LogP contribution is 2.35. The minimum Gasteiger partial charge on any atom is -0.350 e. The standard InChI is InChI=1S/C13H21N5O2/c1-6-17(8-10(4)7-14)13-12(18(19)20)11(9(2)3)15-16(13)5/h9-10H,6,8H2,1-5H3. The summed E-state index contributed by atoms with van der Waals surface area (Å²) in [6, 6.07) is 2.16. The first kappa shape index (κ1) is 16.0. The molecule has 20 heavy (non-hydrogen) atoms. The van der Waals surface area contributed by atoms with Gasteiger partial charge in [0.2, 0.25) is 5.82 Å². The average molecular weight is 279 g/mol. The quantitative estimate of drug-likeness (QED) is 0.589. The summed E-state index contributed by atoms with van der Waals surface area (Å²) >= 11 is 0. The van der Waals surface area contributed by atoms with Gasteiger partial charge < -0.3 is 4.90 Å². The van der Waals surface area contributed by atoms with Crippen molar-refractivity contribution in [3.63, 3.8) is 0 Å². The zero-order valence-electron chi connectivity index (χ0n) is 12.6. The Morgan fingerprint density at radius 1 is 1.50 bits per heavy atom. The van der Waals surface area contributed by atoms with E-state index in [9.17, 15) is 10.1 Å². The molecule has 7 nitrogen and oxygen atoms in total. The van der Waals surface area contributed by atoms with Crippen molar-refractivity contribution in [2.75, 3.05) is 18.0 Å². The summed E-state index contributed by atoms with van der Waals surface area (Å²) in [5, 5.41) is 24.6. The third-order valence-electron chi connectivity index (χ3n) is 3.14. The van der Waals surface area contributed by atoms with Crippen LogP contribution in [0.25, 0.3) is 0 Å². The van der Waals surface area contributed by atoms with Crippen molar-refractivity contribution in [2.24, 2.45) is 13.0 Å². The maximum absolute atomic E-state index is 11.4. The van der Waals surface area contributed by atoms with Crippen LogP contribution in [-0.2, 0) is 7.05 Å². The van der Waals surface area contributed by atoms with Crippen molar-refractivity contribution < 1.29 is 4.92 Å². The van der Waals surface area contributed by atoms with Gasteiger partial charge in [-0.3, -0.25) is 10.1 Å². The van der Waals surface area contributed by atoms with Crippen LogP contribution in [0.3, 0.4) is 0 Å². The van der Waals surface area contributed by atoms with Crippen LogP contribution in [0.1, 0.15) is 39.3 Å². The second-order valence-electron chi connectivity index (χ2n) is 5.16. The molecule has 0 spiro atoms. The van der Waals surface area contributed by atoms with E-state index in [1.54, 1.807) is 18.7 Å². The molecule has 0 bridgehead atoms. The van der Waals surface area contributed by atoms with Crippen molar-refractivity contribution in [3.05, 3.63) is 15.8 Å². The van der Waals surface area contributed by atoms with Crippen LogP contribution in [0, 0.1) is 27.4 Å². The monoisotopic (exact) mass is 279 g/mol. The van der Waals surface area contributed by atoms with E-state index in [0.717, 1.165) is 0 Å². The number of hydrogen-bond donors (Lipinski definition) is 0. The van der Waals surface area contributed by atoms with Gasteiger partial charge in [0.15, 0.2) is 0 Å². The van der Waals surface area contributed by atoms with E-state index in [-0.39, 0.29) is 22.4 Å². The summed E-state index contributed by atoms with van der Waals surface area (Å²) in [6.07, 6.45) is 0. The van der Waals surface area contributed by atoms with Crippen molar-refractivity contribution >= 4 is 11.5 Å². The lowest BCUT2D eigenvalue weighted by molar-refractivity contribution is -0.385. The number of nitriles is 1. The fourth-order valence-electron chi connectivity index (χ4n) is 2.18.